The molecular weight excluding hydrogens is 306 g/mol. The van der Waals surface area contributed by atoms with Gasteiger partial charge in [0.2, 0.25) is 10.0 Å². The van der Waals surface area contributed by atoms with E-state index in [1.807, 2.05) is 6.92 Å². The van der Waals surface area contributed by atoms with Gasteiger partial charge in [-0.25, -0.2) is 13.1 Å². The molecule has 0 saturated carbocycles. The van der Waals surface area contributed by atoms with E-state index in [0.717, 1.165) is 5.56 Å². The largest absolute Gasteiger partial charge is 0.472 e. The Morgan fingerprint density at radius 3 is 2.50 bits per heavy atom. The van der Waals surface area contributed by atoms with Crippen molar-refractivity contribution in [3.63, 3.8) is 0 Å². The van der Waals surface area contributed by atoms with Gasteiger partial charge in [-0.2, -0.15) is 0 Å². The molecule has 0 amide bonds. The first-order valence-corrected chi connectivity index (χ1v) is 8.08. The predicted molar refractivity (Wildman–Crippen MR) is 79.8 cm³/mol. The first-order valence-electron chi connectivity index (χ1n) is 6.60. The van der Waals surface area contributed by atoms with E-state index < -0.39 is 21.9 Å². The molecule has 0 unspecified atom stereocenters. The van der Waals surface area contributed by atoms with Gasteiger partial charge in [0.15, 0.2) is 0 Å². The number of hydrogen-bond acceptors (Lipinski definition) is 5. The number of carbonyl (C=O) groups excluding carboxylic acids is 1. The molecule has 0 bridgehead atoms. The normalized spacial score (nSPS) is 12.8. The molecule has 2 rings (SSSR count). The van der Waals surface area contributed by atoms with Crippen LogP contribution in [0, 0.1) is 6.92 Å². The third-order valence-electron chi connectivity index (χ3n) is 3.24. The Balaban J connectivity index is 2.15. The van der Waals surface area contributed by atoms with E-state index in [4.69, 9.17) is 9.15 Å². The highest BCUT2D eigenvalue weighted by atomic mass is 32.2. The monoisotopic (exact) mass is 323 g/mol. The van der Waals surface area contributed by atoms with Gasteiger partial charge in [0, 0.05) is 12.1 Å². The van der Waals surface area contributed by atoms with Crippen LogP contribution in [0.15, 0.2) is 52.2 Å². The van der Waals surface area contributed by atoms with Gasteiger partial charge < -0.3 is 9.15 Å². The second-order valence-electron chi connectivity index (χ2n) is 4.80. The first kappa shape index (κ1) is 16.3. The van der Waals surface area contributed by atoms with Gasteiger partial charge in [0.05, 0.1) is 30.4 Å². The van der Waals surface area contributed by atoms with E-state index >= 15 is 0 Å². The minimum absolute atomic E-state index is 0.109. The summed E-state index contributed by atoms with van der Waals surface area (Å²) in [5, 5.41) is 0. The Morgan fingerprint density at radius 1 is 1.27 bits per heavy atom. The Bertz CT molecular complexity index is 720. The van der Waals surface area contributed by atoms with E-state index in [-0.39, 0.29) is 11.4 Å². The van der Waals surface area contributed by atoms with E-state index in [9.17, 15) is 13.2 Å². The molecule has 118 valence electrons. The number of furan rings is 1. The Morgan fingerprint density at radius 2 is 1.95 bits per heavy atom. The lowest BCUT2D eigenvalue weighted by Crippen LogP contribution is -2.32. The lowest BCUT2D eigenvalue weighted by Gasteiger charge is -2.14. The van der Waals surface area contributed by atoms with Crippen LogP contribution >= 0.6 is 0 Å². The van der Waals surface area contributed by atoms with Crippen molar-refractivity contribution < 1.29 is 22.4 Å². The molecule has 1 aromatic carbocycles. The van der Waals surface area contributed by atoms with E-state index in [0.29, 0.717) is 5.56 Å². The zero-order valence-corrected chi connectivity index (χ0v) is 13.1. The van der Waals surface area contributed by atoms with Crippen LogP contribution in [-0.4, -0.2) is 28.0 Å². The van der Waals surface area contributed by atoms with Gasteiger partial charge in [-0.05, 0) is 25.1 Å². The zero-order chi connectivity index (χ0) is 16.2. The van der Waals surface area contributed by atoms with E-state index in [2.05, 4.69) is 4.72 Å². The summed E-state index contributed by atoms with van der Waals surface area (Å²) in [5.74, 6) is -1.29. The summed E-state index contributed by atoms with van der Waals surface area (Å²) in [6.45, 7) is 1.76. The van der Waals surface area contributed by atoms with Crippen molar-refractivity contribution in [3.8, 4) is 0 Å². The number of sulfonamides is 1. The molecule has 1 aromatic heterocycles. The number of esters is 1. The summed E-state index contributed by atoms with van der Waals surface area (Å²) in [5.41, 5.74) is 1.52. The van der Waals surface area contributed by atoms with Crippen LogP contribution in [0.1, 0.15) is 17.0 Å². The van der Waals surface area contributed by atoms with Gasteiger partial charge in [-0.3, -0.25) is 4.79 Å². The maximum atomic E-state index is 12.2. The van der Waals surface area contributed by atoms with Crippen molar-refractivity contribution in [2.45, 2.75) is 17.7 Å². The quantitative estimate of drug-likeness (QED) is 0.820. The van der Waals surface area contributed by atoms with Gasteiger partial charge in [-0.1, -0.05) is 17.7 Å². The molecule has 1 N–H and O–H groups in total. The van der Waals surface area contributed by atoms with Crippen LogP contribution in [0.3, 0.4) is 0 Å². The van der Waals surface area contributed by atoms with E-state index in [1.165, 1.54) is 31.8 Å². The van der Waals surface area contributed by atoms with Crippen LogP contribution in [-0.2, 0) is 19.6 Å². The molecule has 0 spiro atoms. The SMILES string of the molecule is COC(=O)[C@@H](CNS(=O)(=O)c1ccc(C)cc1)c1ccoc1. The highest BCUT2D eigenvalue weighted by Crippen LogP contribution is 2.18. The number of carbonyl (C=O) groups is 1. The highest BCUT2D eigenvalue weighted by Gasteiger charge is 2.25. The maximum Gasteiger partial charge on any atom is 0.314 e. The van der Waals surface area contributed by atoms with E-state index in [1.54, 1.807) is 18.2 Å². The summed E-state index contributed by atoms with van der Waals surface area (Å²) in [4.78, 5) is 12.0. The number of methoxy groups -OCH3 is 1. The molecule has 7 heteroatoms. The number of ether oxygens (including phenoxy) is 1. The van der Waals surface area contributed by atoms with Crippen LogP contribution in [0.25, 0.3) is 0 Å². The molecule has 0 saturated heterocycles. The first-order chi connectivity index (χ1) is 10.4. The zero-order valence-electron chi connectivity index (χ0n) is 12.3. The number of aryl methyl sites for hydroxylation is 1. The van der Waals surface area contributed by atoms with Gasteiger partial charge in [0.25, 0.3) is 0 Å². The fourth-order valence-corrected chi connectivity index (χ4v) is 2.99. The topological polar surface area (TPSA) is 85.6 Å². The van der Waals surface area contributed by atoms with Crippen molar-refractivity contribution in [2.75, 3.05) is 13.7 Å². The van der Waals surface area contributed by atoms with Gasteiger partial charge in [-0.15, -0.1) is 0 Å². The average Bonchev–Trinajstić information content (AvgIpc) is 3.01. The molecule has 1 heterocycles. The predicted octanol–water partition coefficient (Wildman–Crippen LogP) is 1.82. The molecule has 2 aromatic rings. The lowest BCUT2D eigenvalue weighted by molar-refractivity contribution is -0.142. The van der Waals surface area contributed by atoms with Crippen molar-refractivity contribution in [1.82, 2.24) is 4.72 Å². The number of rotatable bonds is 6. The summed E-state index contributed by atoms with van der Waals surface area (Å²) in [6.07, 6.45) is 2.81. The molecule has 0 aliphatic heterocycles. The van der Waals surface area contributed by atoms with Crippen LogP contribution in [0.2, 0.25) is 0 Å². The molecule has 0 fully saturated rings. The molecule has 0 aliphatic rings. The number of nitrogens with one attached hydrogen (secondary N) is 1. The minimum Gasteiger partial charge on any atom is -0.472 e. The van der Waals surface area contributed by atoms with Crippen molar-refractivity contribution in [1.29, 1.82) is 0 Å². The minimum atomic E-state index is -3.69. The van der Waals surface area contributed by atoms with Gasteiger partial charge in [0.1, 0.15) is 0 Å². The van der Waals surface area contributed by atoms with Crippen LogP contribution in [0.5, 0.6) is 0 Å². The molecule has 1 atom stereocenters. The number of benzene rings is 1. The summed E-state index contributed by atoms with van der Waals surface area (Å²) in [6, 6.07) is 8.05. The molecule has 0 radical (unpaired) electrons. The average molecular weight is 323 g/mol. The fourth-order valence-electron chi connectivity index (χ4n) is 1.95. The standard InChI is InChI=1S/C15H17NO5S/c1-11-3-5-13(6-4-11)22(18,19)16-9-14(15(17)20-2)12-7-8-21-10-12/h3-8,10,14,16H,9H2,1-2H3/t14-/m0/s1. The summed E-state index contributed by atoms with van der Waals surface area (Å²) in [7, 11) is -2.44. The molecular formula is C15H17NO5S. The maximum absolute atomic E-state index is 12.2. The highest BCUT2D eigenvalue weighted by molar-refractivity contribution is 7.89. The lowest BCUT2D eigenvalue weighted by atomic mass is 10.0. The Kier molecular flexibility index (Phi) is 4.99. The van der Waals surface area contributed by atoms with Crippen LogP contribution < -0.4 is 4.72 Å². The second kappa shape index (κ2) is 6.76. The van der Waals surface area contributed by atoms with Crippen LogP contribution in [0.4, 0.5) is 0 Å². The fraction of sp³-hybridized carbons (Fsp3) is 0.267. The van der Waals surface area contributed by atoms with Crippen molar-refractivity contribution in [2.24, 2.45) is 0 Å². The third kappa shape index (κ3) is 3.75. The molecule has 0 aliphatic carbocycles. The molecule has 6 nitrogen and oxygen atoms in total. The Hall–Kier alpha value is -2.12. The second-order valence-corrected chi connectivity index (χ2v) is 6.56. The summed E-state index contributed by atoms with van der Waals surface area (Å²) < 4.78 is 36.6. The summed E-state index contributed by atoms with van der Waals surface area (Å²) >= 11 is 0. The van der Waals surface area contributed by atoms with Gasteiger partial charge >= 0.3 is 5.97 Å². The number of hydrogen-bond donors (Lipinski definition) is 1. The smallest absolute Gasteiger partial charge is 0.314 e. The third-order valence-corrected chi connectivity index (χ3v) is 4.68. The van der Waals surface area contributed by atoms with Crippen molar-refractivity contribution in [3.05, 3.63) is 54.0 Å². The van der Waals surface area contributed by atoms with Crippen molar-refractivity contribution >= 4 is 16.0 Å². The Labute approximate surface area is 129 Å². The molecule has 22 heavy (non-hydrogen) atoms.